The van der Waals surface area contributed by atoms with Gasteiger partial charge in [0.2, 0.25) is 0 Å². The Morgan fingerprint density at radius 1 is 0.875 bits per heavy atom. The Morgan fingerprint density at radius 3 is 2.12 bits per heavy atom. The van der Waals surface area contributed by atoms with Crippen LogP contribution >= 0.6 is 23.2 Å². The lowest BCUT2D eigenvalue weighted by atomic mass is 10.1. The third kappa shape index (κ3) is 3.28. The Balaban J connectivity index is 1.39. The molecular weight excluding hydrogens is 339 g/mol. The van der Waals surface area contributed by atoms with Gasteiger partial charge in [0.1, 0.15) is 0 Å². The van der Waals surface area contributed by atoms with E-state index < -0.39 is 0 Å². The highest BCUT2D eigenvalue weighted by molar-refractivity contribution is 6.30. The van der Waals surface area contributed by atoms with Crippen molar-refractivity contribution in [1.29, 1.82) is 0 Å². The Bertz CT molecular complexity index is 699. The van der Waals surface area contributed by atoms with Crippen molar-refractivity contribution in [3.05, 3.63) is 64.1 Å². The zero-order valence-electron chi connectivity index (χ0n) is 13.8. The van der Waals surface area contributed by atoms with Gasteiger partial charge < -0.3 is 4.90 Å². The van der Waals surface area contributed by atoms with E-state index in [1.165, 1.54) is 17.7 Å². The molecule has 0 N–H and O–H groups in total. The number of hydrogen-bond acceptors (Lipinski definition) is 2. The summed E-state index contributed by atoms with van der Waals surface area (Å²) >= 11 is 12.0. The first-order valence-corrected chi connectivity index (χ1v) is 9.39. The number of benzene rings is 2. The fourth-order valence-corrected chi connectivity index (χ4v) is 4.21. The zero-order valence-corrected chi connectivity index (χ0v) is 15.3. The first-order valence-electron chi connectivity index (χ1n) is 8.63. The highest BCUT2D eigenvalue weighted by atomic mass is 35.5. The average molecular weight is 361 g/mol. The topological polar surface area (TPSA) is 6.48 Å². The number of anilines is 1. The first kappa shape index (κ1) is 16.3. The predicted octanol–water partition coefficient (Wildman–Crippen LogP) is 5.06. The molecule has 1 unspecified atom stereocenters. The molecule has 0 amide bonds. The van der Waals surface area contributed by atoms with Crippen LogP contribution in [0.25, 0.3) is 0 Å². The van der Waals surface area contributed by atoms with Crippen LogP contribution in [0.1, 0.15) is 24.8 Å². The van der Waals surface area contributed by atoms with E-state index in [-0.39, 0.29) is 0 Å². The molecule has 2 aliphatic rings. The lowest BCUT2D eigenvalue weighted by Gasteiger charge is -2.41. The van der Waals surface area contributed by atoms with E-state index in [4.69, 9.17) is 23.2 Å². The molecule has 2 aromatic carbocycles. The zero-order chi connectivity index (χ0) is 16.7. The molecule has 0 radical (unpaired) electrons. The molecule has 1 aliphatic heterocycles. The second-order valence-corrected chi connectivity index (χ2v) is 7.85. The smallest absolute Gasteiger partial charge is 0.0407 e. The van der Waals surface area contributed by atoms with E-state index in [9.17, 15) is 0 Å². The van der Waals surface area contributed by atoms with Gasteiger partial charge in [-0.15, -0.1) is 0 Å². The molecule has 0 spiro atoms. The summed E-state index contributed by atoms with van der Waals surface area (Å²) in [4.78, 5) is 5.16. The molecule has 1 aliphatic carbocycles. The van der Waals surface area contributed by atoms with Crippen LogP contribution in [0, 0.1) is 0 Å². The molecule has 3 atom stereocenters. The molecule has 2 fully saturated rings. The second kappa shape index (κ2) is 6.59. The Hall–Kier alpha value is -1.22. The Morgan fingerprint density at radius 2 is 1.50 bits per heavy atom. The van der Waals surface area contributed by atoms with E-state index in [0.29, 0.717) is 18.0 Å². The lowest BCUT2D eigenvalue weighted by molar-refractivity contribution is 0.216. The predicted molar refractivity (Wildman–Crippen MR) is 102 cm³/mol. The van der Waals surface area contributed by atoms with Crippen LogP contribution in [-0.2, 0) is 0 Å². The highest BCUT2D eigenvalue weighted by Gasteiger charge is 2.44. The molecule has 1 heterocycles. The molecule has 2 nitrogen and oxygen atoms in total. The van der Waals surface area contributed by atoms with Crippen molar-refractivity contribution in [2.75, 3.05) is 24.5 Å². The fraction of sp³-hybridized carbons (Fsp3) is 0.400. The average Bonchev–Trinajstić information content (AvgIpc) is 3.37. The second-order valence-electron chi connectivity index (χ2n) is 6.97. The third-order valence-electron chi connectivity index (χ3n) is 5.34. The maximum atomic E-state index is 6.01. The summed E-state index contributed by atoms with van der Waals surface area (Å²) in [5, 5.41) is 1.62. The SMILES string of the molecule is CC1CN([C@@H]2C[C@H]2c2ccc(Cl)cc2)CCN1c1ccc(Cl)cc1. The molecule has 4 heteroatoms. The van der Waals surface area contributed by atoms with Crippen LogP contribution < -0.4 is 4.90 Å². The van der Waals surface area contributed by atoms with Crippen LogP contribution in [0.4, 0.5) is 5.69 Å². The van der Waals surface area contributed by atoms with Crippen LogP contribution in [-0.4, -0.2) is 36.6 Å². The minimum absolute atomic E-state index is 0.520. The maximum absolute atomic E-state index is 6.01. The Labute approximate surface area is 154 Å². The van der Waals surface area contributed by atoms with Crippen LogP contribution in [0.3, 0.4) is 0 Å². The van der Waals surface area contributed by atoms with Crippen molar-refractivity contribution in [3.63, 3.8) is 0 Å². The monoisotopic (exact) mass is 360 g/mol. The van der Waals surface area contributed by atoms with Crippen molar-refractivity contribution >= 4 is 28.9 Å². The number of piperazine rings is 1. The van der Waals surface area contributed by atoms with Gasteiger partial charge in [-0.2, -0.15) is 0 Å². The summed E-state index contributed by atoms with van der Waals surface area (Å²) in [6.07, 6.45) is 1.27. The molecule has 2 aromatic rings. The van der Waals surface area contributed by atoms with Crippen LogP contribution in [0.2, 0.25) is 10.0 Å². The summed E-state index contributed by atoms with van der Waals surface area (Å²) in [6, 6.07) is 17.8. The van der Waals surface area contributed by atoms with Gasteiger partial charge in [-0.1, -0.05) is 35.3 Å². The molecule has 0 bridgehead atoms. The van der Waals surface area contributed by atoms with E-state index >= 15 is 0 Å². The van der Waals surface area contributed by atoms with Crippen molar-refractivity contribution in [1.82, 2.24) is 4.90 Å². The fourth-order valence-electron chi connectivity index (χ4n) is 3.96. The van der Waals surface area contributed by atoms with Crippen molar-refractivity contribution in [2.24, 2.45) is 0 Å². The molecule has 24 heavy (non-hydrogen) atoms. The maximum Gasteiger partial charge on any atom is 0.0407 e. The van der Waals surface area contributed by atoms with Gasteiger partial charge in [0.15, 0.2) is 0 Å². The summed E-state index contributed by atoms with van der Waals surface area (Å²) in [7, 11) is 0. The molecule has 0 aromatic heterocycles. The number of nitrogens with zero attached hydrogens (tertiary/aromatic N) is 2. The first-order chi connectivity index (χ1) is 11.6. The van der Waals surface area contributed by atoms with Gasteiger partial charge in [-0.05, 0) is 55.3 Å². The van der Waals surface area contributed by atoms with Gasteiger partial charge in [0.25, 0.3) is 0 Å². The number of hydrogen-bond donors (Lipinski definition) is 0. The van der Waals surface area contributed by atoms with E-state index in [1.54, 1.807) is 0 Å². The van der Waals surface area contributed by atoms with E-state index in [0.717, 1.165) is 29.7 Å². The van der Waals surface area contributed by atoms with E-state index in [2.05, 4.69) is 41.0 Å². The van der Waals surface area contributed by atoms with Gasteiger partial charge >= 0.3 is 0 Å². The standard InChI is InChI=1S/C20H22Cl2N2/c1-14-13-23(10-11-24(14)18-8-6-17(22)7-9-18)20-12-19(20)15-2-4-16(21)5-3-15/h2-9,14,19-20H,10-13H2,1H3/t14?,19-,20+/m0/s1. The van der Waals surface area contributed by atoms with Crippen molar-refractivity contribution < 1.29 is 0 Å². The quantitative estimate of drug-likeness (QED) is 0.754. The van der Waals surface area contributed by atoms with E-state index in [1.807, 2.05) is 24.3 Å². The van der Waals surface area contributed by atoms with Gasteiger partial charge in [0.05, 0.1) is 0 Å². The normalized spacial score (nSPS) is 27.3. The van der Waals surface area contributed by atoms with Gasteiger partial charge in [-0.25, -0.2) is 0 Å². The Kier molecular flexibility index (Phi) is 4.46. The van der Waals surface area contributed by atoms with Gasteiger partial charge in [-0.3, -0.25) is 4.90 Å². The van der Waals surface area contributed by atoms with Crippen molar-refractivity contribution in [2.45, 2.75) is 31.3 Å². The molecule has 1 saturated carbocycles. The number of halogens is 2. The molecule has 1 saturated heterocycles. The minimum Gasteiger partial charge on any atom is -0.366 e. The van der Waals surface area contributed by atoms with Gasteiger partial charge in [0, 0.05) is 53.4 Å². The molecular formula is C20H22Cl2N2. The van der Waals surface area contributed by atoms with Crippen LogP contribution in [0.15, 0.2) is 48.5 Å². The highest BCUT2D eigenvalue weighted by Crippen LogP contribution is 2.45. The molecule has 126 valence electrons. The summed E-state index contributed by atoms with van der Waals surface area (Å²) < 4.78 is 0. The largest absolute Gasteiger partial charge is 0.366 e. The summed E-state index contributed by atoms with van der Waals surface area (Å²) in [5.74, 6) is 0.677. The van der Waals surface area contributed by atoms with Crippen LogP contribution in [0.5, 0.6) is 0 Å². The lowest BCUT2D eigenvalue weighted by Crippen LogP contribution is -2.52. The summed E-state index contributed by atoms with van der Waals surface area (Å²) in [5.41, 5.74) is 2.70. The molecule has 4 rings (SSSR count). The van der Waals surface area contributed by atoms with Crippen molar-refractivity contribution in [3.8, 4) is 0 Å². The number of rotatable bonds is 3. The summed E-state index contributed by atoms with van der Waals surface area (Å²) in [6.45, 7) is 5.65. The minimum atomic E-state index is 0.520. The third-order valence-corrected chi connectivity index (χ3v) is 5.85.